The number of hydrogen-bond donors (Lipinski definition) is 2. The molecule has 1 saturated heterocycles. The summed E-state index contributed by atoms with van der Waals surface area (Å²) >= 11 is 0. The average molecular weight is 327 g/mol. The number of nitrogens with two attached hydrogens (primary N) is 1. The fourth-order valence-corrected chi connectivity index (χ4v) is 2.19. The quantitative estimate of drug-likeness (QED) is 0.347. The van der Waals surface area contributed by atoms with E-state index in [9.17, 15) is 14.4 Å². The van der Waals surface area contributed by atoms with Gasteiger partial charge < -0.3 is 20.5 Å². The zero-order valence-corrected chi connectivity index (χ0v) is 13.6. The average Bonchev–Trinajstić information content (AvgIpc) is 3.03. The van der Waals surface area contributed by atoms with Crippen LogP contribution in [0.5, 0.6) is 0 Å². The van der Waals surface area contributed by atoms with Gasteiger partial charge in [-0.2, -0.15) is 0 Å². The van der Waals surface area contributed by atoms with E-state index in [2.05, 4.69) is 5.32 Å². The monoisotopic (exact) mass is 327 g/mol. The highest BCUT2D eigenvalue weighted by Gasteiger charge is 2.29. The van der Waals surface area contributed by atoms with Crippen molar-refractivity contribution in [2.24, 2.45) is 5.73 Å². The van der Waals surface area contributed by atoms with Crippen molar-refractivity contribution in [3.63, 3.8) is 0 Å². The van der Waals surface area contributed by atoms with E-state index in [1.165, 1.54) is 18.1 Å². The van der Waals surface area contributed by atoms with Gasteiger partial charge in [-0.05, 0) is 32.7 Å². The number of carbonyl (C=O) groups excluding carboxylic acids is 3. The van der Waals surface area contributed by atoms with E-state index in [-0.39, 0.29) is 24.6 Å². The Morgan fingerprint density at radius 1 is 1.43 bits per heavy atom. The van der Waals surface area contributed by atoms with E-state index < -0.39 is 6.23 Å². The molecule has 1 aliphatic heterocycles. The minimum absolute atomic E-state index is 0.157. The Morgan fingerprint density at radius 2 is 2.17 bits per heavy atom. The number of nitrogens with one attached hydrogen (secondary N) is 1. The Hall–Kier alpha value is -1.93. The number of esters is 1. The normalized spacial score (nSPS) is 20.9. The number of hydrogen-bond acceptors (Lipinski definition) is 6. The highest BCUT2D eigenvalue weighted by atomic mass is 16.6. The van der Waals surface area contributed by atoms with Crippen molar-refractivity contribution in [3.05, 3.63) is 11.8 Å². The standard InChI is InChI=1S/C15H25N3O5/c1-11(15(21)17-2)8-18(10-19)13-6-5-12(23-13)9-22-14(20)4-3-7-16/h8,10,12-13H,3-7,9,16H2,1-2H3,(H,17,21)/b11-8-. The van der Waals surface area contributed by atoms with Crippen molar-refractivity contribution in [2.75, 3.05) is 20.2 Å². The van der Waals surface area contributed by atoms with Gasteiger partial charge in [-0.15, -0.1) is 0 Å². The number of amides is 2. The van der Waals surface area contributed by atoms with Gasteiger partial charge in [-0.3, -0.25) is 19.3 Å². The Balaban J connectivity index is 2.46. The van der Waals surface area contributed by atoms with Crippen LogP contribution in [0.4, 0.5) is 0 Å². The molecule has 1 rings (SSSR count). The van der Waals surface area contributed by atoms with Crippen molar-refractivity contribution in [1.29, 1.82) is 0 Å². The fraction of sp³-hybridized carbons (Fsp3) is 0.667. The molecule has 0 aromatic heterocycles. The maximum atomic E-state index is 11.5. The van der Waals surface area contributed by atoms with Crippen molar-refractivity contribution in [2.45, 2.75) is 44.9 Å². The van der Waals surface area contributed by atoms with Crippen LogP contribution >= 0.6 is 0 Å². The molecule has 2 atom stereocenters. The second-order valence-corrected chi connectivity index (χ2v) is 5.31. The fourth-order valence-electron chi connectivity index (χ4n) is 2.19. The minimum atomic E-state index is -0.458. The third-order valence-corrected chi connectivity index (χ3v) is 3.48. The maximum Gasteiger partial charge on any atom is 0.305 e. The molecule has 0 saturated carbocycles. The molecule has 8 nitrogen and oxygen atoms in total. The highest BCUT2D eigenvalue weighted by molar-refractivity contribution is 5.92. The summed E-state index contributed by atoms with van der Waals surface area (Å²) in [4.78, 5) is 35.4. The number of likely N-dealkylation sites (N-methyl/N-ethyl adjacent to an activating group) is 1. The largest absolute Gasteiger partial charge is 0.463 e. The summed E-state index contributed by atoms with van der Waals surface area (Å²) in [6.07, 6.45) is 3.53. The van der Waals surface area contributed by atoms with Crippen molar-refractivity contribution >= 4 is 18.3 Å². The van der Waals surface area contributed by atoms with Gasteiger partial charge in [0.05, 0.1) is 6.10 Å². The van der Waals surface area contributed by atoms with Gasteiger partial charge in [-0.25, -0.2) is 0 Å². The van der Waals surface area contributed by atoms with Crippen molar-refractivity contribution in [3.8, 4) is 0 Å². The Morgan fingerprint density at radius 3 is 2.78 bits per heavy atom. The van der Waals surface area contributed by atoms with Gasteiger partial charge in [-0.1, -0.05) is 0 Å². The molecule has 1 aliphatic rings. The molecule has 2 amide bonds. The van der Waals surface area contributed by atoms with Gasteiger partial charge in [0.2, 0.25) is 12.3 Å². The SMILES string of the molecule is CNC(=O)/C(C)=C\N(C=O)C1CCC(COC(=O)CCCN)O1. The number of rotatable bonds is 9. The molecule has 23 heavy (non-hydrogen) atoms. The van der Waals surface area contributed by atoms with Crippen LogP contribution < -0.4 is 11.1 Å². The van der Waals surface area contributed by atoms with Crippen molar-refractivity contribution < 1.29 is 23.9 Å². The van der Waals surface area contributed by atoms with Crippen LogP contribution in [0.1, 0.15) is 32.6 Å². The first-order valence-electron chi connectivity index (χ1n) is 7.66. The molecule has 0 aliphatic carbocycles. The molecular formula is C15H25N3O5. The van der Waals surface area contributed by atoms with E-state index in [0.717, 1.165) is 0 Å². The lowest BCUT2D eigenvalue weighted by Gasteiger charge is -2.22. The Kier molecular flexibility index (Phi) is 8.28. The molecular weight excluding hydrogens is 302 g/mol. The molecule has 2 unspecified atom stereocenters. The number of nitrogens with zero attached hydrogens (tertiary/aromatic N) is 1. The van der Waals surface area contributed by atoms with Gasteiger partial charge in [0.25, 0.3) is 0 Å². The molecule has 130 valence electrons. The second kappa shape index (κ2) is 9.96. The zero-order chi connectivity index (χ0) is 17.2. The lowest BCUT2D eigenvalue weighted by molar-refractivity contribution is -0.150. The molecule has 0 bridgehead atoms. The van der Waals surface area contributed by atoms with Gasteiger partial charge in [0.15, 0.2) is 0 Å². The Bertz CT molecular complexity index is 452. The Labute approximate surface area is 136 Å². The summed E-state index contributed by atoms with van der Waals surface area (Å²) in [6, 6.07) is 0. The third-order valence-electron chi connectivity index (χ3n) is 3.48. The smallest absolute Gasteiger partial charge is 0.305 e. The van der Waals surface area contributed by atoms with Gasteiger partial charge in [0, 0.05) is 25.2 Å². The van der Waals surface area contributed by atoms with Crippen LogP contribution in [-0.2, 0) is 23.9 Å². The molecule has 8 heteroatoms. The summed E-state index contributed by atoms with van der Waals surface area (Å²) in [5.74, 6) is -0.565. The summed E-state index contributed by atoms with van der Waals surface area (Å²) < 4.78 is 10.8. The molecule has 0 aromatic carbocycles. The van der Waals surface area contributed by atoms with Crippen LogP contribution in [0, 0.1) is 0 Å². The van der Waals surface area contributed by atoms with E-state index in [4.69, 9.17) is 15.2 Å². The van der Waals surface area contributed by atoms with E-state index in [1.54, 1.807) is 6.92 Å². The first-order valence-corrected chi connectivity index (χ1v) is 7.66. The lowest BCUT2D eigenvalue weighted by Crippen LogP contribution is -2.32. The number of ether oxygens (including phenoxy) is 2. The maximum absolute atomic E-state index is 11.5. The molecule has 1 heterocycles. The molecule has 0 radical (unpaired) electrons. The topological polar surface area (TPSA) is 111 Å². The molecule has 0 aromatic rings. The van der Waals surface area contributed by atoms with E-state index in [0.29, 0.717) is 44.2 Å². The van der Waals surface area contributed by atoms with Crippen LogP contribution in [0.25, 0.3) is 0 Å². The van der Waals surface area contributed by atoms with Crippen molar-refractivity contribution in [1.82, 2.24) is 10.2 Å². The first kappa shape index (κ1) is 19.1. The highest BCUT2D eigenvalue weighted by Crippen LogP contribution is 2.23. The first-order chi connectivity index (χ1) is 11.0. The minimum Gasteiger partial charge on any atom is -0.463 e. The molecule has 0 spiro atoms. The summed E-state index contributed by atoms with van der Waals surface area (Å²) in [6.45, 7) is 2.22. The number of carbonyl (C=O) groups is 3. The van der Waals surface area contributed by atoms with E-state index >= 15 is 0 Å². The summed E-state index contributed by atoms with van der Waals surface area (Å²) in [5.41, 5.74) is 5.73. The zero-order valence-electron chi connectivity index (χ0n) is 13.6. The predicted molar refractivity (Wildman–Crippen MR) is 82.9 cm³/mol. The third kappa shape index (κ3) is 6.37. The van der Waals surface area contributed by atoms with Gasteiger partial charge >= 0.3 is 5.97 Å². The van der Waals surface area contributed by atoms with Crippen LogP contribution in [0.2, 0.25) is 0 Å². The van der Waals surface area contributed by atoms with E-state index in [1.807, 2.05) is 0 Å². The molecule has 1 fully saturated rings. The summed E-state index contributed by atoms with van der Waals surface area (Å²) in [5, 5.41) is 2.49. The molecule has 3 N–H and O–H groups in total. The summed E-state index contributed by atoms with van der Waals surface area (Å²) in [7, 11) is 1.52. The van der Waals surface area contributed by atoms with Crippen LogP contribution in [0.15, 0.2) is 11.8 Å². The predicted octanol–water partition coefficient (Wildman–Crippen LogP) is -0.118. The second-order valence-electron chi connectivity index (χ2n) is 5.31. The van der Waals surface area contributed by atoms with Crippen LogP contribution in [0.3, 0.4) is 0 Å². The van der Waals surface area contributed by atoms with Crippen LogP contribution in [-0.4, -0.2) is 55.7 Å². The van der Waals surface area contributed by atoms with Gasteiger partial charge in [0.1, 0.15) is 12.8 Å². The lowest BCUT2D eigenvalue weighted by atomic mass is 10.2.